The Balaban J connectivity index is 2.96. The Morgan fingerprint density at radius 3 is 1.83 bits per heavy atom. The summed E-state index contributed by atoms with van der Waals surface area (Å²) in [5, 5.41) is 0. The van der Waals surface area contributed by atoms with Crippen molar-refractivity contribution < 1.29 is 31.1 Å². The van der Waals surface area contributed by atoms with Gasteiger partial charge in [0.15, 0.2) is 0 Å². The van der Waals surface area contributed by atoms with Gasteiger partial charge < -0.3 is 4.74 Å². The third kappa shape index (κ3) is 4.25. The number of ether oxygens (including phenoxy) is 1. The SMILES string of the molecule is FC(F)(F)Oc1ccc(C(=CBr)C(F)(F)F)cc1. The minimum Gasteiger partial charge on any atom is -0.406 e. The topological polar surface area (TPSA) is 9.23 Å². The van der Waals surface area contributed by atoms with Crippen LogP contribution in [0.2, 0.25) is 0 Å². The molecule has 18 heavy (non-hydrogen) atoms. The largest absolute Gasteiger partial charge is 0.573 e. The van der Waals surface area contributed by atoms with Crippen molar-refractivity contribution in [3.8, 4) is 5.75 Å². The first-order valence-electron chi connectivity index (χ1n) is 4.37. The molecule has 0 aliphatic rings. The Morgan fingerprint density at radius 2 is 1.50 bits per heavy atom. The lowest BCUT2D eigenvalue weighted by atomic mass is 10.1. The fourth-order valence-electron chi connectivity index (χ4n) is 1.12. The molecular weight excluding hydrogens is 330 g/mol. The van der Waals surface area contributed by atoms with Crippen LogP contribution in [0.3, 0.4) is 0 Å². The van der Waals surface area contributed by atoms with Gasteiger partial charge in [-0.25, -0.2) is 0 Å². The molecule has 0 heterocycles. The maximum atomic E-state index is 12.5. The van der Waals surface area contributed by atoms with Gasteiger partial charge in [-0.05, 0) is 22.7 Å². The van der Waals surface area contributed by atoms with Gasteiger partial charge in [-0.2, -0.15) is 13.2 Å². The second-order valence-corrected chi connectivity index (χ2v) is 3.55. The zero-order valence-electron chi connectivity index (χ0n) is 8.44. The number of hydrogen-bond donors (Lipinski definition) is 0. The van der Waals surface area contributed by atoms with E-state index in [2.05, 4.69) is 20.7 Å². The van der Waals surface area contributed by atoms with Crippen molar-refractivity contribution >= 4 is 21.5 Å². The molecule has 0 radical (unpaired) electrons. The van der Waals surface area contributed by atoms with Crippen molar-refractivity contribution in [3.05, 3.63) is 34.8 Å². The normalized spacial score (nSPS) is 13.6. The van der Waals surface area contributed by atoms with Crippen LogP contribution in [0.4, 0.5) is 26.3 Å². The summed E-state index contributed by atoms with van der Waals surface area (Å²) in [5.74, 6) is -0.581. The second kappa shape index (κ2) is 5.21. The van der Waals surface area contributed by atoms with E-state index in [1.165, 1.54) is 0 Å². The second-order valence-electron chi connectivity index (χ2n) is 3.09. The van der Waals surface area contributed by atoms with Crippen LogP contribution in [0.5, 0.6) is 5.75 Å². The molecule has 0 atom stereocenters. The van der Waals surface area contributed by atoms with Crippen LogP contribution in [0.25, 0.3) is 5.57 Å². The summed E-state index contributed by atoms with van der Waals surface area (Å²) in [4.78, 5) is 0.659. The van der Waals surface area contributed by atoms with Gasteiger partial charge in [0, 0.05) is 0 Å². The molecule has 0 spiro atoms. The van der Waals surface area contributed by atoms with E-state index in [0.717, 1.165) is 24.3 Å². The Kier molecular flexibility index (Phi) is 4.31. The monoisotopic (exact) mass is 334 g/mol. The van der Waals surface area contributed by atoms with Crippen molar-refractivity contribution in [1.82, 2.24) is 0 Å². The summed E-state index contributed by atoms with van der Waals surface area (Å²) < 4.78 is 76.5. The first-order chi connectivity index (χ1) is 8.13. The number of allylic oxidation sites excluding steroid dienone is 1. The summed E-state index contributed by atoms with van der Waals surface area (Å²) in [5.41, 5.74) is -1.27. The summed E-state index contributed by atoms with van der Waals surface area (Å²) >= 11 is 2.56. The van der Waals surface area contributed by atoms with Crippen LogP contribution >= 0.6 is 15.9 Å². The molecule has 0 aromatic heterocycles. The lowest BCUT2D eigenvalue weighted by molar-refractivity contribution is -0.274. The van der Waals surface area contributed by atoms with Crippen LogP contribution in [-0.4, -0.2) is 12.5 Å². The molecule has 0 aliphatic heterocycles. The lowest BCUT2D eigenvalue weighted by Gasteiger charge is -2.12. The predicted octanol–water partition coefficient (Wildman–Crippen LogP) is 4.88. The number of hydrogen-bond acceptors (Lipinski definition) is 1. The van der Waals surface area contributed by atoms with Crippen LogP contribution in [0, 0.1) is 0 Å². The molecule has 0 saturated carbocycles. The molecule has 1 aromatic carbocycles. The smallest absolute Gasteiger partial charge is 0.406 e. The van der Waals surface area contributed by atoms with Gasteiger partial charge in [0.1, 0.15) is 5.75 Å². The number of alkyl halides is 6. The number of rotatable bonds is 2. The van der Waals surface area contributed by atoms with E-state index in [1.807, 2.05) is 0 Å². The molecule has 0 N–H and O–H groups in total. The summed E-state index contributed by atoms with van der Waals surface area (Å²) in [6, 6.07) is 3.40. The minimum absolute atomic E-state index is 0.270. The Morgan fingerprint density at radius 1 is 1.00 bits per heavy atom. The molecule has 1 aromatic rings. The molecule has 0 fully saturated rings. The first-order valence-corrected chi connectivity index (χ1v) is 5.29. The van der Waals surface area contributed by atoms with Crippen molar-refractivity contribution in [2.75, 3.05) is 0 Å². The quantitative estimate of drug-likeness (QED) is 0.700. The third-order valence-corrected chi connectivity index (χ3v) is 2.27. The average Bonchev–Trinajstić information content (AvgIpc) is 2.17. The molecule has 1 nitrogen and oxygen atoms in total. The highest BCUT2D eigenvalue weighted by atomic mass is 79.9. The molecule has 0 aliphatic carbocycles. The molecule has 1 rings (SSSR count). The van der Waals surface area contributed by atoms with Crippen LogP contribution in [0.1, 0.15) is 5.56 Å². The Hall–Kier alpha value is -1.18. The molecule has 0 amide bonds. The molecule has 100 valence electrons. The molecular formula is C10H5BrF6O. The molecule has 0 unspecified atom stereocenters. The van der Waals surface area contributed by atoms with E-state index < -0.39 is 23.9 Å². The van der Waals surface area contributed by atoms with Gasteiger partial charge >= 0.3 is 12.5 Å². The van der Waals surface area contributed by atoms with E-state index >= 15 is 0 Å². The van der Waals surface area contributed by atoms with Crippen LogP contribution < -0.4 is 4.74 Å². The minimum atomic E-state index is -4.88. The Bertz CT molecular complexity index is 431. The van der Waals surface area contributed by atoms with Crippen LogP contribution in [0.15, 0.2) is 29.3 Å². The van der Waals surface area contributed by atoms with Gasteiger partial charge in [-0.15, -0.1) is 13.2 Å². The first kappa shape index (κ1) is 14.9. The summed E-state index contributed by atoms with van der Waals surface area (Å²) in [7, 11) is 0. The predicted molar refractivity (Wildman–Crippen MR) is 56.1 cm³/mol. The average molecular weight is 335 g/mol. The fourth-order valence-corrected chi connectivity index (χ4v) is 1.65. The number of halogens is 7. The van der Waals surface area contributed by atoms with Gasteiger partial charge in [0.05, 0.1) is 5.57 Å². The molecule has 0 saturated heterocycles. The van der Waals surface area contributed by atoms with Crippen molar-refractivity contribution in [1.29, 1.82) is 0 Å². The zero-order chi connectivity index (χ0) is 14.0. The standard InChI is InChI=1S/C10H5BrF6O/c11-5-8(9(12,13)14)6-1-3-7(4-2-6)18-10(15,16)17/h1-5H. The van der Waals surface area contributed by atoms with Crippen molar-refractivity contribution in [3.63, 3.8) is 0 Å². The van der Waals surface area contributed by atoms with Gasteiger partial charge in [-0.3, -0.25) is 0 Å². The Labute approximate surface area is 106 Å². The highest BCUT2D eigenvalue weighted by molar-refractivity contribution is 9.11. The highest BCUT2D eigenvalue weighted by Gasteiger charge is 2.35. The summed E-state index contributed by atoms with van der Waals surface area (Å²) in [6.45, 7) is 0. The maximum Gasteiger partial charge on any atom is 0.573 e. The fraction of sp³-hybridized carbons (Fsp3) is 0.200. The van der Waals surface area contributed by atoms with E-state index in [9.17, 15) is 26.3 Å². The zero-order valence-corrected chi connectivity index (χ0v) is 10.0. The van der Waals surface area contributed by atoms with E-state index in [1.54, 1.807) is 0 Å². The lowest BCUT2D eigenvalue weighted by Crippen LogP contribution is -2.17. The van der Waals surface area contributed by atoms with E-state index in [0.29, 0.717) is 4.99 Å². The van der Waals surface area contributed by atoms with E-state index in [4.69, 9.17) is 0 Å². The highest BCUT2D eigenvalue weighted by Crippen LogP contribution is 2.35. The van der Waals surface area contributed by atoms with Gasteiger partial charge in [0.25, 0.3) is 0 Å². The van der Waals surface area contributed by atoms with Crippen molar-refractivity contribution in [2.45, 2.75) is 12.5 Å². The van der Waals surface area contributed by atoms with Gasteiger partial charge in [0.2, 0.25) is 0 Å². The molecule has 8 heteroatoms. The van der Waals surface area contributed by atoms with Crippen LogP contribution in [-0.2, 0) is 0 Å². The maximum absolute atomic E-state index is 12.5. The molecule has 0 bridgehead atoms. The van der Waals surface area contributed by atoms with E-state index in [-0.39, 0.29) is 5.56 Å². The third-order valence-electron chi connectivity index (χ3n) is 1.81. The summed E-state index contributed by atoms with van der Waals surface area (Å²) in [6.07, 6.45) is -9.48. The van der Waals surface area contributed by atoms with Crippen molar-refractivity contribution in [2.24, 2.45) is 0 Å². The van der Waals surface area contributed by atoms with Gasteiger partial charge in [-0.1, -0.05) is 28.1 Å². The number of benzene rings is 1.